The molecule has 0 aliphatic rings. The van der Waals surface area contributed by atoms with Crippen LogP contribution in [0, 0.1) is 12.8 Å². The Hall–Kier alpha value is -1.02. The van der Waals surface area contributed by atoms with Crippen molar-refractivity contribution >= 4 is 22.6 Å². The van der Waals surface area contributed by atoms with Crippen LogP contribution in [0.4, 0.5) is 0 Å². The molecular formula is C16H23ClN2. The van der Waals surface area contributed by atoms with Gasteiger partial charge in [-0.2, -0.15) is 0 Å². The molecule has 0 amide bonds. The lowest BCUT2D eigenvalue weighted by Crippen LogP contribution is -2.12. The van der Waals surface area contributed by atoms with Gasteiger partial charge in [0.1, 0.15) is 5.82 Å². The predicted octanol–water partition coefficient (Wildman–Crippen LogP) is 5.25. The topological polar surface area (TPSA) is 17.8 Å². The number of fused-ring (bicyclic) bond motifs is 1. The predicted molar refractivity (Wildman–Crippen MR) is 82.9 cm³/mol. The fourth-order valence-electron chi connectivity index (χ4n) is 2.75. The number of halogens is 1. The largest absolute Gasteiger partial charge is 0.324 e. The fraction of sp³-hybridized carbons (Fsp3) is 0.562. The van der Waals surface area contributed by atoms with Crippen molar-refractivity contribution in [3.8, 4) is 0 Å². The first-order valence-electron chi connectivity index (χ1n) is 7.02. The maximum absolute atomic E-state index is 6.32. The van der Waals surface area contributed by atoms with Gasteiger partial charge in [0.05, 0.1) is 16.4 Å². The van der Waals surface area contributed by atoms with Gasteiger partial charge in [0.15, 0.2) is 0 Å². The fourth-order valence-corrected chi connectivity index (χ4v) is 2.91. The summed E-state index contributed by atoms with van der Waals surface area (Å²) in [5, 5.41) is -0.0673. The molecule has 1 heterocycles. The van der Waals surface area contributed by atoms with E-state index in [2.05, 4.69) is 50.5 Å². The first-order chi connectivity index (χ1) is 8.90. The smallest absolute Gasteiger partial charge is 0.127 e. The van der Waals surface area contributed by atoms with Crippen LogP contribution in [0.1, 0.15) is 56.9 Å². The maximum atomic E-state index is 6.32. The Bertz CT molecular complexity index is 569. The van der Waals surface area contributed by atoms with Crippen molar-refractivity contribution in [2.45, 2.75) is 52.5 Å². The molecule has 19 heavy (non-hydrogen) atoms. The highest BCUT2D eigenvalue weighted by atomic mass is 35.5. The third-order valence-electron chi connectivity index (χ3n) is 3.48. The van der Waals surface area contributed by atoms with Crippen molar-refractivity contribution in [2.24, 2.45) is 5.92 Å². The quantitative estimate of drug-likeness (QED) is 0.698. The Balaban J connectivity index is 2.59. The highest BCUT2D eigenvalue weighted by Gasteiger charge is 2.19. The number of imidazole rings is 1. The second-order valence-electron chi connectivity index (χ2n) is 5.93. The molecule has 2 unspecified atom stereocenters. The minimum absolute atomic E-state index is 0.0673. The van der Waals surface area contributed by atoms with E-state index in [1.807, 2.05) is 6.92 Å². The molecule has 2 aromatic rings. The Morgan fingerprint density at radius 1 is 1.21 bits per heavy atom. The Morgan fingerprint density at radius 2 is 1.89 bits per heavy atom. The maximum Gasteiger partial charge on any atom is 0.127 e. The monoisotopic (exact) mass is 278 g/mol. The SMILES string of the molecule is Cc1ccc2nc(C(C)Cl)n(C(C)CC(C)C)c2c1. The van der Waals surface area contributed by atoms with E-state index in [9.17, 15) is 0 Å². The third kappa shape index (κ3) is 2.94. The van der Waals surface area contributed by atoms with Crippen LogP contribution in [0.25, 0.3) is 11.0 Å². The van der Waals surface area contributed by atoms with Crippen LogP contribution < -0.4 is 0 Å². The number of hydrogen-bond acceptors (Lipinski definition) is 1. The first kappa shape index (κ1) is 14.4. The van der Waals surface area contributed by atoms with Crippen LogP contribution in [-0.2, 0) is 0 Å². The van der Waals surface area contributed by atoms with Crippen LogP contribution in [0.3, 0.4) is 0 Å². The van der Waals surface area contributed by atoms with E-state index in [1.165, 1.54) is 11.1 Å². The molecule has 0 saturated carbocycles. The van der Waals surface area contributed by atoms with Crippen molar-refractivity contribution in [1.82, 2.24) is 9.55 Å². The normalized spacial score (nSPS) is 15.1. The molecule has 0 aliphatic carbocycles. The highest BCUT2D eigenvalue weighted by Crippen LogP contribution is 2.30. The van der Waals surface area contributed by atoms with Crippen LogP contribution in [0.2, 0.25) is 0 Å². The molecule has 0 radical (unpaired) electrons. The number of nitrogens with zero attached hydrogens (tertiary/aromatic N) is 2. The summed E-state index contributed by atoms with van der Waals surface area (Å²) >= 11 is 6.32. The molecule has 3 heteroatoms. The standard InChI is InChI=1S/C16H23ClN2/c1-10(2)8-12(4)19-15-9-11(3)6-7-14(15)18-16(19)13(5)17/h6-7,9-10,12-13H,8H2,1-5H3. The molecule has 0 N–H and O–H groups in total. The summed E-state index contributed by atoms with van der Waals surface area (Å²) < 4.78 is 2.32. The number of rotatable bonds is 4. The third-order valence-corrected chi connectivity index (χ3v) is 3.68. The molecule has 1 aromatic carbocycles. The van der Waals surface area contributed by atoms with Crippen molar-refractivity contribution in [2.75, 3.05) is 0 Å². The van der Waals surface area contributed by atoms with E-state index in [0.717, 1.165) is 17.8 Å². The molecule has 1 aromatic heterocycles. The molecule has 0 bridgehead atoms. The van der Waals surface area contributed by atoms with Crippen molar-refractivity contribution in [1.29, 1.82) is 0 Å². The van der Waals surface area contributed by atoms with Crippen LogP contribution in [-0.4, -0.2) is 9.55 Å². The number of alkyl halides is 1. The highest BCUT2D eigenvalue weighted by molar-refractivity contribution is 6.20. The van der Waals surface area contributed by atoms with Gasteiger partial charge in [-0.3, -0.25) is 0 Å². The van der Waals surface area contributed by atoms with Crippen molar-refractivity contribution < 1.29 is 0 Å². The van der Waals surface area contributed by atoms with E-state index in [4.69, 9.17) is 16.6 Å². The zero-order valence-corrected chi connectivity index (χ0v) is 13.2. The van der Waals surface area contributed by atoms with E-state index >= 15 is 0 Å². The molecule has 0 spiro atoms. The Labute approximate surface area is 120 Å². The van der Waals surface area contributed by atoms with Crippen molar-refractivity contribution in [3.63, 3.8) is 0 Å². The number of benzene rings is 1. The molecule has 2 rings (SSSR count). The summed E-state index contributed by atoms with van der Waals surface area (Å²) in [6.07, 6.45) is 1.13. The molecule has 0 fully saturated rings. The van der Waals surface area contributed by atoms with Gasteiger partial charge in [0.25, 0.3) is 0 Å². The molecular weight excluding hydrogens is 256 g/mol. The number of aryl methyl sites for hydroxylation is 1. The molecule has 0 saturated heterocycles. The number of hydrogen-bond donors (Lipinski definition) is 0. The van der Waals surface area contributed by atoms with Crippen LogP contribution in [0.5, 0.6) is 0 Å². The van der Waals surface area contributed by atoms with Gasteiger partial charge in [0.2, 0.25) is 0 Å². The van der Waals surface area contributed by atoms with E-state index < -0.39 is 0 Å². The summed E-state index contributed by atoms with van der Waals surface area (Å²) in [7, 11) is 0. The second kappa shape index (κ2) is 5.54. The first-order valence-corrected chi connectivity index (χ1v) is 7.46. The van der Waals surface area contributed by atoms with Gasteiger partial charge in [0, 0.05) is 6.04 Å². The zero-order valence-electron chi connectivity index (χ0n) is 12.4. The minimum atomic E-state index is -0.0673. The van der Waals surface area contributed by atoms with Gasteiger partial charge < -0.3 is 4.57 Å². The summed E-state index contributed by atoms with van der Waals surface area (Å²) in [4.78, 5) is 4.71. The lowest BCUT2D eigenvalue weighted by atomic mass is 10.0. The average Bonchev–Trinajstić information content (AvgIpc) is 2.66. The molecule has 0 aliphatic heterocycles. The van der Waals surface area contributed by atoms with E-state index in [1.54, 1.807) is 0 Å². The van der Waals surface area contributed by atoms with Crippen LogP contribution >= 0.6 is 11.6 Å². The van der Waals surface area contributed by atoms with E-state index in [-0.39, 0.29) is 5.38 Å². The minimum Gasteiger partial charge on any atom is -0.324 e. The van der Waals surface area contributed by atoms with Gasteiger partial charge >= 0.3 is 0 Å². The molecule has 2 nitrogen and oxygen atoms in total. The van der Waals surface area contributed by atoms with E-state index in [0.29, 0.717) is 12.0 Å². The average molecular weight is 279 g/mol. The molecule has 2 atom stereocenters. The summed E-state index contributed by atoms with van der Waals surface area (Å²) in [5.41, 5.74) is 3.51. The lowest BCUT2D eigenvalue weighted by Gasteiger charge is -2.20. The summed E-state index contributed by atoms with van der Waals surface area (Å²) in [6, 6.07) is 6.83. The van der Waals surface area contributed by atoms with Gasteiger partial charge in [-0.1, -0.05) is 19.9 Å². The number of aromatic nitrogens is 2. The Morgan fingerprint density at radius 3 is 2.47 bits per heavy atom. The molecule has 104 valence electrons. The lowest BCUT2D eigenvalue weighted by molar-refractivity contribution is 0.425. The summed E-state index contributed by atoms with van der Waals surface area (Å²) in [6.45, 7) is 10.9. The zero-order chi connectivity index (χ0) is 14.2. The summed E-state index contributed by atoms with van der Waals surface area (Å²) in [5.74, 6) is 1.64. The van der Waals surface area contributed by atoms with Gasteiger partial charge in [-0.05, 0) is 50.8 Å². The Kier molecular flexibility index (Phi) is 4.19. The van der Waals surface area contributed by atoms with Gasteiger partial charge in [-0.25, -0.2) is 4.98 Å². The second-order valence-corrected chi connectivity index (χ2v) is 6.58. The van der Waals surface area contributed by atoms with Crippen molar-refractivity contribution in [3.05, 3.63) is 29.6 Å². The van der Waals surface area contributed by atoms with Crippen LogP contribution in [0.15, 0.2) is 18.2 Å². The van der Waals surface area contributed by atoms with Gasteiger partial charge in [-0.15, -0.1) is 11.6 Å².